The molecule has 0 saturated heterocycles. The van der Waals surface area contributed by atoms with Gasteiger partial charge in [0.05, 0.1) is 11.0 Å². The van der Waals surface area contributed by atoms with Crippen molar-refractivity contribution < 1.29 is 8.78 Å². The number of aromatic amines is 1. The number of hydrogen-bond acceptors (Lipinski definition) is 1. The van der Waals surface area contributed by atoms with Crippen molar-refractivity contribution in [3.63, 3.8) is 0 Å². The van der Waals surface area contributed by atoms with Crippen molar-refractivity contribution in [2.75, 3.05) is 0 Å². The second-order valence-electron chi connectivity index (χ2n) is 4.18. The largest absolute Gasteiger partial charge is 0.338 e. The lowest BCUT2D eigenvalue weighted by atomic mass is 10.1. The number of fused-ring (bicyclic) bond motifs is 1. The van der Waals surface area contributed by atoms with Gasteiger partial charge in [-0.2, -0.15) is 0 Å². The fourth-order valence-corrected chi connectivity index (χ4v) is 1.97. The molecule has 0 fully saturated rings. The number of aromatic nitrogens is 2. The van der Waals surface area contributed by atoms with Gasteiger partial charge in [0.25, 0.3) is 0 Å². The molecule has 1 aromatic heterocycles. The summed E-state index contributed by atoms with van der Waals surface area (Å²) in [4.78, 5) is 7.29. The average Bonchev–Trinajstić information content (AvgIpc) is 2.73. The smallest absolute Gasteiger partial charge is 0.161 e. The number of rotatable bonds is 1. The molecule has 0 aliphatic heterocycles. The van der Waals surface area contributed by atoms with E-state index in [0.717, 1.165) is 23.3 Å². The Labute approximate surface area is 102 Å². The number of halogens is 2. The van der Waals surface area contributed by atoms with Crippen LogP contribution >= 0.6 is 0 Å². The Morgan fingerprint density at radius 3 is 2.56 bits per heavy atom. The number of nitrogens with one attached hydrogen (secondary N) is 1. The summed E-state index contributed by atoms with van der Waals surface area (Å²) in [5.41, 5.74) is 2.89. The second-order valence-corrected chi connectivity index (χ2v) is 4.18. The highest BCUT2D eigenvalue weighted by atomic mass is 19.2. The fourth-order valence-electron chi connectivity index (χ4n) is 1.97. The number of benzene rings is 2. The summed E-state index contributed by atoms with van der Waals surface area (Å²) in [5, 5.41) is 0. The maximum atomic E-state index is 13.1. The number of nitrogens with zero attached hydrogens (tertiary/aromatic N) is 1. The molecule has 90 valence electrons. The summed E-state index contributed by atoms with van der Waals surface area (Å²) in [6.07, 6.45) is 0. The normalized spacial score (nSPS) is 11.1. The topological polar surface area (TPSA) is 28.7 Å². The molecule has 2 nitrogen and oxygen atoms in total. The first-order valence-electron chi connectivity index (χ1n) is 5.56. The molecular formula is C14H10F2N2. The van der Waals surface area contributed by atoms with E-state index >= 15 is 0 Å². The van der Waals surface area contributed by atoms with Crippen LogP contribution in [0.15, 0.2) is 36.4 Å². The summed E-state index contributed by atoms with van der Waals surface area (Å²) < 4.78 is 26.2. The first-order valence-corrected chi connectivity index (χ1v) is 5.56. The zero-order valence-corrected chi connectivity index (χ0v) is 9.67. The zero-order chi connectivity index (χ0) is 12.7. The molecule has 3 aromatic rings. The molecule has 1 heterocycles. The van der Waals surface area contributed by atoms with E-state index < -0.39 is 11.6 Å². The Morgan fingerprint density at radius 2 is 1.78 bits per heavy atom. The molecule has 0 spiro atoms. The number of hydrogen-bond donors (Lipinski definition) is 1. The van der Waals surface area contributed by atoms with Gasteiger partial charge in [-0.1, -0.05) is 24.3 Å². The van der Waals surface area contributed by atoms with Crippen LogP contribution in [0.2, 0.25) is 0 Å². The first kappa shape index (κ1) is 10.9. The van der Waals surface area contributed by atoms with Gasteiger partial charge >= 0.3 is 0 Å². The number of imidazole rings is 1. The molecule has 0 unspecified atom stereocenters. The molecule has 0 saturated carbocycles. The zero-order valence-electron chi connectivity index (χ0n) is 9.67. The minimum atomic E-state index is -0.884. The minimum absolute atomic E-state index is 0.423. The number of H-pyrrole nitrogens is 1. The Hall–Kier alpha value is -2.23. The summed E-state index contributed by atoms with van der Waals surface area (Å²) in [6, 6.07) is 9.93. The Morgan fingerprint density at radius 1 is 1.06 bits per heavy atom. The third-order valence-corrected chi connectivity index (χ3v) is 2.92. The first-order chi connectivity index (χ1) is 8.65. The maximum Gasteiger partial charge on any atom is 0.161 e. The van der Waals surface area contributed by atoms with E-state index in [-0.39, 0.29) is 0 Å². The predicted octanol–water partition coefficient (Wildman–Crippen LogP) is 3.82. The van der Waals surface area contributed by atoms with Gasteiger partial charge in [-0.15, -0.1) is 0 Å². The van der Waals surface area contributed by atoms with Crippen LogP contribution in [0.25, 0.3) is 22.4 Å². The van der Waals surface area contributed by atoms with E-state index in [1.807, 2.05) is 31.2 Å². The van der Waals surface area contributed by atoms with Gasteiger partial charge in [-0.3, -0.25) is 0 Å². The van der Waals surface area contributed by atoms with E-state index in [0.29, 0.717) is 16.9 Å². The van der Waals surface area contributed by atoms with Crippen LogP contribution in [0.4, 0.5) is 8.78 Å². The average molecular weight is 244 g/mol. The van der Waals surface area contributed by atoms with E-state index in [2.05, 4.69) is 9.97 Å². The lowest BCUT2D eigenvalue weighted by molar-refractivity contribution is 0.510. The maximum absolute atomic E-state index is 13.1. The molecule has 4 heteroatoms. The molecule has 0 atom stereocenters. The van der Waals surface area contributed by atoms with Crippen LogP contribution in [0, 0.1) is 18.6 Å². The third kappa shape index (κ3) is 1.66. The van der Waals surface area contributed by atoms with Gasteiger partial charge in [0.15, 0.2) is 11.6 Å². The Bertz CT molecular complexity index is 693. The van der Waals surface area contributed by atoms with Crippen molar-refractivity contribution in [2.24, 2.45) is 0 Å². The van der Waals surface area contributed by atoms with Gasteiger partial charge < -0.3 is 4.98 Å². The van der Waals surface area contributed by atoms with Crippen molar-refractivity contribution >= 4 is 11.0 Å². The van der Waals surface area contributed by atoms with Crippen molar-refractivity contribution in [1.82, 2.24) is 9.97 Å². The Balaban J connectivity index is 2.23. The van der Waals surface area contributed by atoms with Crippen LogP contribution in [0.3, 0.4) is 0 Å². The molecule has 0 amide bonds. The SMILES string of the molecule is Cc1ccccc1-c1nc2cc(F)c(F)cc2[nH]1. The lowest BCUT2D eigenvalue weighted by Gasteiger charge is -2.00. The molecule has 18 heavy (non-hydrogen) atoms. The van der Waals surface area contributed by atoms with Crippen LogP contribution in [-0.2, 0) is 0 Å². The van der Waals surface area contributed by atoms with E-state index in [4.69, 9.17) is 0 Å². The highest BCUT2D eigenvalue weighted by Crippen LogP contribution is 2.24. The van der Waals surface area contributed by atoms with Crippen molar-refractivity contribution in [3.05, 3.63) is 53.6 Å². The summed E-state index contributed by atoms with van der Waals surface area (Å²) in [6.45, 7) is 1.96. The molecule has 2 aromatic carbocycles. The van der Waals surface area contributed by atoms with Gasteiger partial charge in [0, 0.05) is 17.7 Å². The second kappa shape index (κ2) is 3.91. The molecule has 1 N–H and O–H groups in total. The van der Waals surface area contributed by atoms with Crippen LogP contribution in [-0.4, -0.2) is 9.97 Å². The van der Waals surface area contributed by atoms with E-state index in [1.165, 1.54) is 0 Å². The molecular weight excluding hydrogens is 234 g/mol. The molecule has 0 aliphatic carbocycles. The number of aryl methyl sites for hydroxylation is 1. The van der Waals surface area contributed by atoms with Crippen LogP contribution in [0.5, 0.6) is 0 Å². The van der Waals surface area contributed by atoms with Gasteiger partial charge in [-0.25, -0.2) is 13.8 Å². The highest BCUT2D eigenvalue weighted by Gasteiger charge is 2.10. The minimum Gasteiger partial charge on any atom is -0.338 e. The van der Waals surface area contributed by atoms with Gasteiger partial charge in [0.2, 0.25) is 0 Å². The highest BCUT2D eigenvalue weighted by molar-refractivity contribution is 5.80. The lowest BCUT2D eigenvalue weighted by Crippen LogP contribution is -1.83. The van der Waals surface area contributed by atoms with Crippen molar-refractivity contribution in [3.8, 4) is 11.4 Å². The van der Waals surface area contributed by atoms with Crippen LogP contribution in [0.1, 0.15) is 5.56 Å². The van der Waals surface area contributed by atoms with E-state index in [1.54, 1.807) is 0 Å². The summed E-state index contributed by atoms with van der Waals surface area (Å²) >= 11 is 0. The predicted molar refractivity (Wildman–Crippen MR) is 66.2 cm³/mol. The Kier molecular flexibility index (Phi) is 2.37. The van der Waals surface area contributed by atoms with Gasteiger partial charge in [0.1, 0.15) is 5.82 Å². The third-order valence-electron chi connectivity index (χ3n) is 2.92. The quantitative estimate of drug-likeness (QED) is 0.692. The van der Waals surface area contributed by atoms with Gasteiger partial charge in [-0.05, 0) is 12.5 Å². The monoisotopic (exact) mass is 244 g/mol. The molecule has 0 bridgehead atoms. The standard InChI is InChI=1S/C14H10F2N2/c1-8-4-2-3-5-9(8)14-17-12-6-10(15)11(16)7-13(12)18-14/h2-7H,1H3,(H,17,18). The van der Waals surface area contributed by atoms with E-state index in [9.17, 15) is 8.78 Å². The van der Waals surface area contributed by atoms with Crippen molar-refractivity contribution in [2.45, 2.75) is 6.92 Å². The fraction of sp³-hybridized carbons (Fsp3) is 0.0714. The summed E-state index contributed by atoms with van der Waals surface area (Å²) in [7, 11) is 0. The molecule has 0 aliphatic rings. The van der Waals surface area contributed by atoms with Crippen LogP contribution < -0.4 is 0 Å². The molecule has 0 radical (unpaired) electrons. The summed E-state index contributed by atoms with van der Waals surface area (Å²) in [5.74, 6) is -1.14. The van der Waals surface area contributed by atoms with Crippen molar-refractivity contribution in [1.29, 1.82) is 0 Å². The molecule has 3 rings (SSSR count).